The lowest BCUT2D eigenvalue weighted by molar-refractivity contribution is 0.143. The zero-order chi connectivity index (χ0) is 16.9. The van der Waals surface area contributed by atoms with Gasteiger partial charge < -0.3 is 20.1 Å². The molecule has 0 radical (unpaired) electrons. The SMILES string of the molecule is CN=C(NCCCC(C)C)NCc1ccc(OCCOC)nc1.I. The Labute approximate surface area is 162 Å². The molecule has 0 aliphatic heterocycles. The van der Waals surface area contributed by atoms with E-state index in [0.29, 0.717) is 25.6 Å². The zero-order valence-electron chi connectivity index (χ0n) is 15.2. The Bertz CT molecular complexity index is 452. The van der Waals surface area contributed by atoms with Gasteiger partial charge in [0.2, 0.25) is 5.88 Å². The second-order valence-electron chi connectivity index (χ2n) is 5.73. The van der Waals surface area contributed by atoms with E-state index in [0.717, 1.165) is 30.4 Å². The van der Waals surface area contributed by atoms with E-state index < -0.39 is 0 Å². The Balaban J connectivity index is 0.00000529. The van der Waals surface area contributed by atoms with Crippen LogP contribution in [0.5, 0.6) is 5.88 Å². The minimum Gasteiger partial charge on any atom is -0.475 e. The molecule has 24 heavy (non-hydrogen) atoms. The molecule has 0 aromatic carbocycles. The monoisotopic (exact) mass is 450 g/mol. The van der Waals surface area contributed by atoms with Gasteiger partial charge in [-0.2, -0.15) is 0 Å². The average Bonchev–Trinajstić information content (AvgIpc) is 2.55. The number of halogens is 1. The van der Waals surface area contributed by atoms with Gasteiger partial charge in [0.05, 0.1) is 6.61 Å². The van der Waals surface area contributed by atoms with E-state index >= 15 is 0 Å². The summed E-state index contributed by atoms with van der Waals surface area (Å²) in [7, 11) is 3.43. The van der Waals surface area contributed by atoms with Gasteiger partial charge in [-0.15, -0.1) is 24.0 Å². The van der Waals surface area contributed by atoms with Crippen LogP contribution >= 0.6 is 24.0 Å². The first-order chi connectivity index (χ1) is 11.2. The lowest BCUT2D eigenvalue weighted by Crippen LogP contribution is -2.37. The van der Waals surface area contributed by atoms with Gasteiger partial charge in [0.1, 0.15) is 6.61 Å². The summed E-state index contributed by atoms with van der Waals surface area (Å²) in [5, 5.41) is 6.60. The second kappa shape index (κ2) is 14.3. The third kappa shape index (κ3) is 10.6. The molecule has 2 N–H and O–H groups in total. The number of hydrogen-bond donors (Lipinski definition) is 2. The number of guanidine groups is 1. The van der Waals surface area contributed by atoms with Gasteiger partial charge in [0.25, 0.3) is 0 Å². The number of aromatic nitrogens is 1. The third-order valence-corrected chi connectivity index (χ3v) is 3.27. The number of pyridine rings is 1. The van der Waals surface area contributed by atoms with E-state index in [1.165, 1.54) is 6.42 Å². The van der Waals surface area contributed by atoms with Gasteiger partial charge in [-0.3, -0.25) is 4.99 Å². The number of nitrogens with zero attached hydrogens (tertiary/aromatic N) is 2. The highest BCUT2D eigenvalue weighted by Crippen LogP contribution is 2.07. The second-order valence-corrected chi connectivity index (χ2v) is 5.73. The van der Waals surface area contributed by atoms with Crippen molar-refractivity contribution in [1.29, 1.82) is 0 Å². The maximum Gasteiger partial charge on any atom is 0.213 e. The highest BCUT2D eigenvalue weighted by atomic mass is 127. The number of aliphatic imine (C=N–C) groups is 1. The van der Waals surface area contributed by atoms with Crippen molar-refractivity contribution in [3.63, 3.8) is 0 Å². The predicted octanol–water partition coefficient (Wildman–Crippen LogP) is 2.83. The molecule has 6 nitrogen and oxygen atoms in total. The van der Waals surface area contributed by atoms with Crippen LogP contribution in [0.15, 0.2) is 23.3 Å². The van der Waals surface area contributed by atoms with E-state index in [9.17, 15) is 0 Å². The van der Waals surface area contributed by atoms with Crippen LogP contribution in [0.3, 0.4) is 0 Å². The molecule has 1 heterocycles. The first-order valence-corrected chi connectivity index (χ1v) is 8.17. The topological polar surface area (TPSA) is 67.8 Å². The molecule has 0 unspecified atom stereocenters. The highest BCUT2D eigenvalue weighted by Gasteiger charge is 2.01. The number of methoxy groups -OCH3 is 1. The van der Waals surface area contributed by atoms with Crippen LogP contribution in [-0.2, 0) is 11.3 Å². The van der Waals surface area contributed by atoms with Crippen LogP contribution in [0.25, 0.3) is 0 Å². The van der Waals surface area contributed by atoms with Gasteiger partial charge in [0.15, 0.2) is 5.96 Å². The molecule has 0 saturated heterocycles. The summed E-state index contributed by atoms with van der Waals surface area (Å²) in [6, 6.07) is 3.86. The van der Waals surface area contributed by atoms with Crippen molar-refractivity contribution in [1.82, 2.24) is 15.6 Å². The van der Waals surface area contributed by atoms with E-state index in [1.54, 1.807) is 20.4 Å². The molecule has 1 aromatic rings. The Morgan fingerprint density at radius 1 is 1.25 bits per heavy atom. The van der Waals surface area contributed by atoms with Crippen molar-refractivity contribution in [2.24, 2.45) is 10.9 Å². The summed E-state index contributed by atoms with van der Waals surface area (Å²) in [4.78, 5) is 8.49. The molecular weight excluding hydrogens is 419 g/mol. The Morgan fingerprint density at radius 2 is 2.04 bits per heavy atom. The summed E-state index contributed by atoms with van der Waals surface area (Å²) in [5.74, 6) is 2.17. The van der Waals surface area contributed by atoms with Crippen LogP contribution in [0.1, 0.15) is 32.3 Å². The molecule has 0 aliphatic rings. The lowest BCUT2D eigenvalue weighted by Gasteiger charge is -2.12. The molecule has 138 valence electrons. The fraction of sp³-hybridized carbons (Fsp3) is 0.647. The summed E-state index contributed by atoms with van der Waals surface area (Å²) >= 11 is 0. The quantitative estimate of drug-likeness (QED) is 0.248. The first-order valence-electron chi connectivity index (χ1n) is 8.17. The van der Waals surface area contributed by atoms with Gasteiger partial charge in [-0.1, -0.05) is 19.9 Å². The summed E-state index contributed by atoms with van der Waals surface area (Å²) < 4.78 is 10.4. The maximum atomic E-state index is 5.44. The Kier molecular flexibility index (Phi) is 13.6. The van der Waals surface area contributed by atoms with Crippen molar-refractivity contribution in [2.75, 3.05) is 33.9 Å². The molecule has 1 aromatic heterocycles. The normalized spacial score (nSPS) is 11.1. The number of ether oxygens (including phenoxy) is 2. The van der Waals surface area contributed by atoms with Crippen LogP contribution < -0.4 is 15.4 Å². The predicted molar refractivity (Wildman–Crippen MR) is 109 cm³/mol. The van der Waals surface area contributed by atoms with Crippen molar-refractivity contribution in [2.45, 2.75) is 33.2 Å². The standard InChI is InChI=1S/C17H30N4O2.HI/c1-14(2)6-5-9-19-17(18-3)21-13-15-7-8-16(20-12-15)23-11-10-22-4;/h7-8,12,14H,5-6,9-11,13H2,1-4H3,(H2,18,19,21);1H. The van der Waals surface area contributed by atoms with Crippen LogP contribution in [0.2, 0.25) is 0 Å². The number of nitrogens with one attached hydrogen (secondary N) is 2. The third-order valence-electron chi connectivity index (χ3n) is 3.27. The summed E-state index contributed by atoms with van der Waals surface area (Å²) in [6.45, 7) is 7.15. The zero-order valence-corrected chi connectivity index (χ0v) is 17.5. The van der Waals surface area contributed by atoms with Crippen LogP contribution in [0, 0.1) is 5.92 Å². The molecule has 0 spiro atoms. The van der Waals surface area contributed by atoms with Gasteiger partial charge in [0, 0.05) is 39.5 Å². The minimum absolute atomic E-state index is 0. The number of hydrogen-bond acceptors (Lipinski definition) is 4. The first kappa shape index (κ1) is 22.9. The maximum absolute atomic E-state index is 5.44. The smallest absolute Gasteiger partial charge is 0.213 e. The fourth-order valence-corrected chi connectivity index (χ4v) is 1.95. The largest absolute Gasteiger partial charge is 0.475 e. The molecule has 0 saturated carbocycles. The average molecular weight is 450 g/mol. The van der Waals surface area contributed by atoms with Crippen LogP contribution in [-0.4, -0.2) is 44.9 Å². The molecule has 1 rings (SSSR count). The highest BCUT2D eigenvalue weighted by molar-refractivity contribution is 14.0. The van der Waals surface area contributed by atoms with Crippen molar-refractivity contribution in [3.05, 3.63) is 23.9 Å². The van der Waals surface area contributed by atoms with Gasteiger partial charge >= 0.3 is 0 Å². The molecular formula is C17H31IN4O2. The Morgan fingerprint density at radius 3 is 2.62 bits per heavy atom. The van der Waals surface area contributed by atoms with Gasteiger partial charge in [-0.05, 0) is 24.3 Å². The molecule has 0 aliphatic carbocycles. The molecule has 0 atom stereocenters. The van der Waals surface area contributed by atoms with Crippen molar-refractivity contribution < 1.29 is 9.47 Å². The van der Waals surface area contributed by atoms with E-state index in [4.69, 9.17) is 9.47 Å². The van der Waals surface area contributed by atoms with E-state index in [2.05, 4.69) is 34.5 Å². The Hall–Kier alpha value is -1.09. The summed E-state index contributed by atoms with van der Waals surface area (Å²) in [5.41, 5.74) is 1.08. The summed E-state index contributed by atoms with van der Waals surface area (Å²) in [6.07, 6.45) is 4.17. The molecule has 0 bridgehead atoms. The molecule has 7 heteroatoms. The minimum atomic E-state index is 0. The molecule has 0 amide bonds. The van der Waals surface area contributed by atoms with Crippen molar-refractivity contribution in [3.8, 4) is 5.88 Å². The van der Waals surface area contributed by atoms with Gasteiger partial charge in [-0.25, -0.2) is 4.98 Å². The fourth-order valence-electron chi connectivity index (χ4n) is 1.95. The number of rotatable bonds is 10. The van der Waals surface area contributed by atoms with E-state index in [1.807, 2.05) is 12.1 Å². The van der Waals surface area contributed by atoms with E-state index in [-0.39, 0.29) is 24.0 Å². The van der Waals surface area contributed by atoms with Crippen LogP contribution in [0.4, 0.5) is 0 Å². The van der Waals surface area contributed by atoms with Crippen molar-refractivity contribution >= 4 is 29.9 Å². The lowest BCUT2D eigenvalue weighted by atomic mass is 10.1. The molecule has 0 fully saturated rings.